The van der Waals surface area contributed by atoms with Crippen molar-refractivity contribution in [2.75, 3.05) is 51.2 Å². The zero-order valence-corrected chi connectivity index (χ0v) is 20.8. The highest BCUT2D eigenvalue weighted by Crippen LogP contribution is 2.22. The van der Waals surface area contributed by atoms with Gasteiger partial charge < -0.3 is 19.9 Å². The van der Waals surface area contributed by atoms with E-state index in [0.717, 1.165) is 37.6 Å². The van der Waals surface area contributed by atoms with Gasteiger partial charge in [-0.25, -0.2) is 13.4 Å². The van der Waals surface area contributed by atoms with Crippen LogP contribution < -0.4 is 10.2 Å². The fourth-order valence-corrected chi connectivity index (χ4v) is 5.97. The second-order valence-corrected chi connectivity index (χ2v) is 11.0. The number of sulfonamides is 1. The first-order valence-electron chi connectivity index (χ1n) is 11.6. The molecule has 10 heteroatoms. The molecule has 3 heterocycles. The summed E-state index contributed by atoms with van der Waals surface area (Å²) in [6.07, 6.45) is 1.40. The minimum atomic E-state index is -3.72. The number of anilines is 1. The normalized spacial score (nSPS) is 22.5. The van der Waals surface area contributed by atoms with E-state index in [-0.39, 0.29) is 23.0 Å². The van der Waals surface area contributed by atoms with Gasteiger partial charge in [-0.05, 0) is 56.8 Å². The fraction of sp³-hybridized carbons (Fsp3) is 0.500. The standard InChI is InChI=1S/C24H33N5O4S/c1-18-16-29(17-19(2)33-18)34(31,32)22-6-4-5-21(14-22)24(30)26-15-20-7-8-25-23(13-20)28-11-9-27(3)10-12-28/h4-8,13-14,18-19H,9-12,15-17H2,1-3H3,(H,26,30). The van der Waals surface area contributed by atoms with E-state index in [4.69, 9.17) is 4.74 Å². The Morgan fingerprint density at radius 3 is 2.50 bits per heavy atom. The third kappa shape index (κ3) is 5.75. The molecule has 0 spiro atoms. The first kappa shape index (κ1) is 24.6. The summed E-state index contributed by atoms with van der Waals surface area (Å²) in [7, 11) is -1.61. The molecule has 184 valence electrons. The summed E-state index contributed by atoms with van der Waals surface area (Å²) in [5, 5.41) is 2.90. The Morgan fingerprint density at radius 1 is 1.09 bits per heavy atom. The molecular weight excluding hydrogens is 454 g/mol. The highest BCUT2D eigenvalue weighted by Gasteiger charge is 2.32. The van der Waals surface area contributed by atoms with Gasteiger partial charge in [0.05, 0.1) is 17.1 Å². The number of carbonyl (C=O) groups is 1. The molecule has 0 saturated carbocycles. The Bertz CT molecular complexity index is 1110. The van der Waals surface area contributed by atoms with Gasteiger partial charge in [0, 0.05) is 57.6 Å². The Kier molecular flexibility index (Phi) is 7.51. The highest BCUT2D eigenvalue weighted by atomic mass is 32.2. The summed E-state index contributed by atoms with van der Waals surface area (Å²) in [6, 6.07) is 10.1. The molecule has 2 atom stereocenters. The van der Waals surface area contributed by atoms with Crippen molar-refractivity contribution in [3.05, 3.63) is 53.7 Å². The van der Waals surface area contributed by atoms with Gasteiger partial charge in [0.15, 0.2) is 0 Å². The molecule has 2 unspecified atom stereocenters. The predicted molar refractivity (Wildman–Crippen MR) is 130 cm³/mol. The number of morpholine rings is 1. The molecule has 1 N–H and O–H groups in total. The van der Waals surface area contributed by atoms with E-state index in [1.54, 1.807) is 18.3 Å². The number of pyridine rings is 1. The third-order valence-electron chi connectivity index (χ3n) is 6.21. The molecule has 2 aliphatic heterocycles. The number of rotatable bonds is 6. The largest absolute Gasteiger partial charge is 0.373 e. The number of likely N-dealkylation sites (N-methyl/N-ethyl adjacent to an activating group) is 1. The summed E-state index contributed by atoms with van der Waals surface area (Å²) in [5.74, 6) is 0.584. The van der Waals surface area contributed by atoms with E-state index in [0.29, 0.717) is 25.2 Å². The van der Waals surface area contributed by atoms with Crippen molar-refractivity contribution in [3.8, 4) is 0 Å². The summed E-state index contributed by atoms with van der Waals surface area (Å²) in [5.41, 5.74) is 1.25. The SMILES string of the molecule is CC1CN(S(=O)(=O)c2cccc(C(=O)NCc3ccnc(N4CCN(C)CC4)c3)c2)CC(C)O1. The van der Waals surface area contributed by atoms with E-state index in [1.165, 1.54) is 16.4 Å². The number of amides is 1. The molecule has 34 heavy (non-hydrogen) atoms. The van der Waals surface area contributed by atoms with Crippen LogP contribution in [0.2, 0.25) is 0 Å². The van der Waals surface area contributed by atoms with Crippen LogP contribution in [0.4, 0.5) is 5.82 Å². The topological polar surface area (TPSA) is 95.1 Å². The van der Waals surface area contributed by atoms with Crippen LogP contribution in [-0.2, 0) is 21.3 Å². The summed E-state index contributed by atoms with van der Waals surface area (Å²) in [4.78, 5) is 22.0. The van der Waals surface area contributed by atoms with Gasteiger partial charge in [0.2, 0.25) is 10.0 Å². The van der Waals surface area contributed by atoms with E-state index in [1.807, 2.05) is 26.0 Å². The molecule has 2 aliphatic rings. The van der Waals surface area contributed by atoms with Crippen LogP contribution in [0.5, 0.6) is 0 Å². The lowest BCUT2D eigenvalue weighted by molar-refractivity contribution is -0.0440. The Balaban J connectivity index is 1.42. The number of hydrogen-bond acceptors (Lipinski definition) is 7. The van der Waals surface area contributed by atoms with Gasteiger partial charge in [0.1, 0.15) is 5.82 Å². The van der Waals surface area contributed by atoms with E-state index >= 15 is 0 Å². The molecule has 4 rings (SSSR count). The quantitative estimate of drug-likeness (QED) is 0.661. The number of benzene rings is 1. The first-order chi connectivity index (χ1) is 16.2. The lowest BCUT2D eigenvalue weighted by Crippen LogP contribution is -2.48. The van der Waals surface area contributed by atoms with Gasteiger partial charge in [-0.3, -0.25) is 4.79 Å². The van der Waals surface area contributed by atoms with Crippen LogP contribution in [-0.4, -0.2) is 87.0 Å². The number of aromatic nitrogens is 1. The molecule has 1 aromatic carbocycles. The Morgan fingerprint density at radius 2 is 1.79 bits per heavy atom. The minimum Gasteiger partial charge on any atom is -0.373 e. The maximum atomic E-state index is 13.2. The predicted octanol–water partition coefficient (Wildman–Crippen LogP) is 1.56. The third-order valence-corrected chi connectivity index (χ3v) is 8.04. The average molecular weight is 488 g/mol. The number of nitrogens with one attached hydrogen (secondary N) is 1. The molecular formula is C24H33N5O4S. The summed E-state index contributed by atoms with van der Waals surface area (Å²) < 4.78 is 33.4. The number of ether oxygens (including phenoxy) is 1. The minimum absolute atomic E-state index is 0.114. The Labute approximate surface area is 201 Å². The number of hydrogen-bond donors (Lipinski definition) is 1. The highest BCUT2D eigenvalue weighted by molar-refractivity contribution is 7.89. The van der Waals surface area contributed by atoms with Gasteiger partial charge >= 0.3 is 0 Å². The summed E-state index contributed by atoms with van der Waals surface area (Å²) >= 11 is 0. The fourth-order valence-electron chi connectivity index (χ4n) is 4.34. The Hall–Kier alpha value is -2.53. The van der Waals surface area contributed by atoms with Crippen LogP contribution in [0, 0.1) is 0 Å². The van der Waals surface area contributed by atoms with Gasteiger partial charge in [0.25, 0.3) is 5.91 Å². The molecule has 2 aromatic rings. The molecule has 0 aliphatic carbocycles. The monoisotopic (exact) mass is 487 g/mol. The molecule has 2 saturated heterocycles. The van der Waals surface area contributed by atoms with Crippen molar-refractivity contribution in [2.24, 2.45) is 0 Å². The van der Waals surface area contributed by atoms with E-state index in [9.17, 15) is 13.2 Å². The van der Waals surface area contributed by atoms with Crippen molar-refractivity contribution < 1.29 is 17.9 Å². The zero-order chi connectivity index (χ0) is 24.3. The molecule has 9 nitrogen and oxygen atoms in total. The second-order valence-electron chi connectivity index (χ2n) is 9.10. The molecule has 2 fully saturated rings. The van der Waals surface area contributed by atoms with Crippen LogP contribution in [0.3, 0.4) is 0 Å². The molecule has 1 aromatic heterocycles. The molecule has 1 amide bonds. The maximum Gasteiger partial charge on any atom is 0.251 e. The molecule has 0 bridgehead atoms. The zero-order valence-electron chi connectivity index (χ0n) is 20.0. The van der Waals surface area contributed by atoms with Crippen molar-refractivity contribution in [3.63, 3.8) is 0 Å². The van der Waals surface area contributed by atoms with E-state index in [2.05, 4.69) is 27.1 Å². The van der Waals surface area contributed by atoms with Gasteiger partial charge in [-0.15, -0.1) is 0 Å². The van der Waals surface area contributed by atoms with Crippen LogP contribution in [0.25, 0.3) is 0 Å². The van der Waals surface area contributed by atoms with Crippen LogP contribution >= 0.6 is 0 Å². The lowest BCUT2D eigenvalue weighted by atomic mass is 10.2. The van der Waals surface area contributed by atoms with E-state index < -0.39 is 10.0 Å². The summed E-state index contributed by atoms with van der Waals surface area (Å²) in [6.45, 7) is 8.45. The van der Waals surface area contributed by atoms with Crippen LogP contribution in [0.15, 0.2) is 47.5 Å². The lowest BCUT2D eigenvalue weighted by Gasteiger charge is -2.34. The smallest absolute Gasteiger partial charge is 0.251 e. The van der Waals surface area contributed by atoms with Crippen molar-refractivity contribution >= 4 is 21.7 Å². The van der Waals surface area contributed by atoms with Gasteiger partial charge in [-0.2, -0.15) is 4.31 Å². The van der Waals surface area contributed by atoms with Crippen LogP contribution in [0.1, 0.15) is 29.8 Å². The first-order valence-corrected chi connectivity index (χ1v) is 13.1. The van der Waals surface area contributed by atoms with Crippen molar-refractivity contribution in [1.29, 1.82) is 0 Å². The average Bonchev–Trinajstić information content (AvgIpc) is 2.82. The number of carbonyl (C=O) groups excluding carboxylic acids is 1. The number of nitrogens with zero attached hydrogens (tertiary/aromatic N) is 4. The van der Waals surface area contributed by atoms with Crippen molar-refractivity contribution in [1.82, 2.24) is 19.5 Å². The second kappa shape index (κ2) is 10.4. The number of piperazine rings is 1. The maximum absolute atomic E-state index is 13.2. The van der Waals surface area contributed by atoms with Gasteiger partial charge in [-0.1, -0.05) is 6.07 Å². The van der Waals surface area contributed by atoms with Crippen molar-refractivity contribution in [2.45, 2.75) is 37.5 Å². The molecule has 0 radical (unpaired) electrons.